The van der Waals surface area contributed by atoms with E-state index >= 15 is 0 Å². The molecule has 42 heavy (non-hydrogen) atoms. The predicted octanol–water partition coefficient (Wildman–Crippen LogP) is 3.77. The molecule has 4 N–H and O–H groups in total. The van der Waals surface area contributed by atoms with Crippen molar-refractivity contribution in [2.45, 2.75) is 44.9 Å². The molecule has 3 aromatic carbocycles. The van der Waals surface area contributed by atoms with Crippen molar-refractivity contribution in [3.8, 4) is 5.75 Å². The Morgan fingerprint density at radius 3 is 2.60 bits per heavy atom. The molecule has 222 valence electrons. The van der Waals surface area contributed by atoms with Crippen LogP contribution >= 0.6 is 0 Å². The molecule has 10 heteroatoms. The fourth-order valence-electron chi connectivity index (χ4n) is 5.49. The number of amides is 1. The number of nitrogens with one attached hydrogen (secondary N) is 3. The third-order valence-electron chi connectivity index (χ3n) is 7.76. The third-order valence-corrected chi connectivity index (χ3v) is 9.62. The van der Waals surface area contributed by atoms with Crippen LogP contribution in [0.15, 0.2) is 72.9 Å². The van der Waals surface area contributed by atoms with Crippen LogP contribution in [-0.2, 0) is 29.4 Å². The molecule has 0 aliphatic carbocycles. The van der Waals surface area contributed by atoms with E-state index in [0.29, 0.717) is 42.7 Å². The van der Waals surface area contributed by atoms with Crippen LogP contribution in [0, 0.1) is 0 Å². The third kappa shape index (κ3) is 6.61. The van der Waals surface area contributed by atoms with Gasteiger partial charge in [0.05, 0.1) is 36.2 Å². The summed E-state index contributed by atoms with van der Waals surface area (Å²) in [5, 5.41) is 18.4. The summed E-state index contributed by atoms with van der Waals surface area (Å²) in [4.78, 5) is 17.0. The Hall–Kier alpha value is -3.86. The number of aliphatic hydroxyl groups excluding tert-OH is 1. The maximum Gasteiger partial charge on any atom is 0.251 e. The molecule has 1 aromatic heterocycles. The lowest BCUT2D eigenvalue weighted by atomic mass is 9.99. The van der Waals surface area contributed by atoms with Gasteiger partial charge in [0.15, 0.2) is 0 Å². The molecule has 2 atom stereocenters. The number of aryl methyl sites for hydroxylation is 1. The number of hydrogen-bond acceptors (Lipinski definition) is 6. The predicted molar refractivity (Wildman–Crippen MR) is 166 cm³/mol. The minimum Gasteiger partial charge on any atom is -0.497 e. The summed E-state index contributed by atoms with van der Waals surface area (Å²) < 4.78 is 32.4. The van der Waals surface area contributed by atoms with Gasteiger partial charge in [-0.05, 0) is 60.2 Å². The number of ether oxygens (including phenoxy) is 1. The lowest BCUT2D eigenvalue weighted by Gasteiger charge is -2.25. The quantitative estimate of drug-likeness (QED) is 0.199. The van der Waals surface area contributed by atoms with Crippen LogP contribution in [0.4, 0.5) is 5.69 Å². The summed E-state index contributed by atoms with van der Waals surface area (Å²) in [5.74, 6) is 0.474. The maximum atomic E-state index is 13.8. The van der Waals surface area contributed by atoms with Gasteiger partial charge in [0.2, 0.25) is 10.0 Å². The smallest absolute Gasteiger partial charge is 0.251 e. The number of H-pyrrole nitrogens is 1. The van der Waals surface area contributed by atoms with Gasteiger partial charge in [-0.3, -0.25) is 9.10 Å². The normalized spacial score (nSPS) is 15.9. The molecule has 9 nitrogen and oxygen atoms in total. The number of sulfonamides is 1. The second-order valence-electron chi connectivity index (χ2n) is 10.6. The SMILES string of the molecule is CCc1c[nH]c2c(N3CCCS3(=O)=O)cc(C(=O)N[C@@H](Cc3ccccc3)[C@H](O)CNCc3cccc(OC)c3)cc12. The van der Waals surface area contributed by atoms with Gasteiger partial charge in [0, 0.05) is 36.8 Å². The van der Waals surface area contributed by atoms with Crippen LogP contribution in [0.25, 0.3) is 10.9 Å². The zero-order valence-electron chi connectivity index (χ0n) is 24.0. The molecule has 0 saturated carbocycles. The second-order valence-corrected chi connectivity index (χ2v) is 12.7. The Kier molecular flexibility index (Phi) is 9.15. The number of methoxy groups -OCH3 is 1. The molecule has 1 saturated heterocycles. The van der Waals surface area contributed by atoms with E-state index in [-0.39, 0.29) is 18.2 Å². The van der Waals surface area contributed by atoms with Gasteiger partial charge in [-0.1, -0.05) is 49.4 Å². The number of aliphatic hydroxyl groups is 1. The van der Waals surface area contributed by atoms with E-state index in [4.69, 9.17) is 4.74 Å². The lowest BCUT2D eigenvalue weighted by Crippen LogP contribution is -2.48. The Bertz CT molecular complexity index is 1640. The summed E-state index contributed by atoms with van der Waals surface area (Å²) in [6.45, 7) is 3.17. The number of carbonyl (C=O) groups is 1. The van der Waals surface area contributed by atoms with Gasteiger partial charge in [-0.15, -0.1) is 0 Å². The van der Waals surface area contributed by atoms with E-state index in [2.05, 4.69) is 15.6 Å². The summed E-state index contributed by atoms with van der Waals surface area (Å²) >= 11 is 0. The average Bonchev–Trinajstić information content (AvgIpc) is 3.58. The molecule has 5 rings (SSSR count). The molecule has 1 aliphatic rings. The zero-order valence-corrected chi connectivity index (χ0v) is 24.8. The van der Waals surface area contributed by atoms with Crippen molar-refractivity contribution in [3.05, 3.63) is 95.2 Å². The summed E-state index contributed by atoms with van der Waals surface area (Å²) in [6.07, 6.45) is 2.67. The van der Waals surface area contributed by atoms with Crippen LogP contribution < -0.4 is 19.7 Å². The molecular weight excluding hydrogens is 552 g/mol. The molecule has 1 aliphatic heterocycles. The summed E-state index contributed by atoms with van der Waals surface area (Å²) in [7, 11) is -1.84. The van der Waals surface area contributed by atoms with Crippen molar-refractivity contribution in [1.29, 1.82) is 0 Å². The van der Waals surface area contributed by atoms with Gasteiger partial charge >= 0.3 is 0 Å². The summed E-state index contributed by atoms with van der Waals surface area (Å²) in [6, 6.07) is 20.3. The maximum absolute atomic E-state index is 13.8. The number of hydrogen-bond donors (Lipinski definition) is 4. The minimum atomic E-state index is -3.46. The van der Waals surface area contributed by atoms with Crippen LogP contribution in [0.2, 0.25) is 0 Å². The van der Waals surface area contributed by atoms with E-state index in [1.807, 2.05) is 67.7 Å². The highest BCUT2D eigenvalue weighted by molar-refractivity contribution is 7.93. The molecule has 2 heterocycles. The minimum absolute atomic E-state index is 0.0837. The van der Waals surface area contributed by atoms with Crippen molar-refractivity contribution in [3.63, 3.8) is 0 Å². The van der Waals surface area contributed by atoms with Gasteiger partial charge < -0.3 is 25.5 Å². The summed E-state index contributed by atoms with van der Waals surface area (Å²) in [5.41, 5.74) is 4.53. The zero-order chi connectivity index (χ0) is 29.7. The van der Waals surface area contributed by atoms with Gasteiger partial charge in [-0.2, -0.15) is 0 Å². The van der Waals surface area contributed by atoms with Crippen molar-refractivity contribution in [2.24, 2.45) is 0 Å². The largest absolute Gasteiger partial charge is 0.497 e. The highest BCUT2D eigenvalue weighted by Gasteiger charge is 2.31. The lowest BCUT2D eigenvalue weighted by molar-refractivity contribution is 0.0830. The number of nitrogens with zero attached hydrogens (tertiary/aromatic N) is 1. The van der Waals surface area contributed by atoms with Gasteiger partial charge in [0.25, 0.3) is 5.91 Å². The molecule has 4 aromatic rings. The Morgan fingerprint density at radius 1 is 1.10 bits per heavy atom. The second kappa shape index (κ2) is 13.0. The topological polar surface area (TPSA) is 124 Å². The molecule has 0 bridgehead atoms. The molecule has 1 fully saturated rings. The number of anilines is 1. The molecule has 1 amide bonds. The van der Waals surface area contributed by atoms with E-state index in [0.717, 1.165) is 34.2 Å². The Balaban J connectivity index is 1.39. The van der Waals surface area contributed by atoms with Gasteiger partial charge in [-0.25, -0.2) is 8.42 Å². The highest BCUT2D eigenvalue weighted by atomic mass is 32.2. The molecule has 0 radical (unpaired) electrons. The molecule has 0 spiro atoms. The Labute approximate surface area is 246 Å². The number of aromatic nitrogens is 1. The van der Waals surface area contributed by atoms with Crippen molar-refractivity contribution in [2.75, 3.05) is 30.3 Å². The van der Waals surface area contributed by atoms with E-state index in [9.17, 15) is 18.3 Å². The molecular formula is C32H38N4O5S. The standard InChI is InChI=1S/C32H38N4O5S/c1-3-24-20-34-31-27(24)17-25(18-29(31)36-13-8-14-42(36,39)40)32(38)35-28(16-22-9-5-4-6-10-22)30(37)21-33-19-23-11-7-12-26(15-23)41-2/h4-7,9-12,15,17-18,20,28,30,33-34,37H,3,8,13-14,16,19,21H2,1-2H3,(H,35,38)/t28-,30+/m0/s1. The van der Waals surface area contributed by atoms with E-state index in [1.165, 1.54) is 4.31 Å². The fraction of sp³-hybridized carbons (Fsp3) is 0.344. The fourth-order valence-corrected chi connectivity index (χ4v) is 7.06. The highest BCUT2D eigenvalue weighted by Crippen LogP contribution is 2.34. The number of rotatable bonds is 12. The van der Waals surface area contributed by atoms with Crippen LogP contribution in [0.3, 0.4) is 0 Å². The van der Waals surface area contributed by atoms with Crippen molar-refractivity contribution >= 4 is 32.5 Å². The number of carbonyl (C=O) groups excluding carboxylic acids is 1. The van der Waals surface area contributed by atoms with Gasteiger partial charge in [0.1, 0.15) is 5.75 Å². The Morgan fingerprint density at radius 2 is 1.88 bits per heavy atom. The first-order valence-corrected chi connectivity index (χ1v) is 15.9. The molecule has 0 unspecified atom stereocenters. The first kappa shape index (κ1) is 29.6. The number of fused-ring (bicyclic) bond motifs is 1. The van der Waals surface area contributed by atoms with Crippen molar-refractivity contribution in [1.82, 2.24) is 15.6 Å². The van der Waals surface area contributed by atoms with Crippen LogP contribution in [0.1, 0.15) is 40.4 Å². The van der Waals surface area contributed by atoms with Crippen LogP contribution in [0.5, 0.6) is 5.75 Å². The average molecular weight is 591 g/mol. The number of benzene rings is 3. The van der Waals surface area contributed by atoms with Crippen LogP contribution in [-0.4, -0.2) is 62.5 Å². The van der Waals surface area contributed by atoms with E-state index in [1.54, 1.807) is 19.2 Å². The first-order chi connectivity index (χ1) is 20.3. The first-order valence-electron chi connectivity index (χ1n) is 14.3. The van der Waals surface area contributed by atoms with Crippen molar-refractivity contribution < 1.29 is 23.1 Å². The number of aromatic amines is 1. The monoisotopic (exact) mass is 590 g/mol. The van der Waals surface area contributed by atoms with E-state index < -0.39 is 22.2 Å².